The fourth-order valence-electron chi connectivity index (χ4n) is 1.32. The minimum atomic E-state index is -4.02. The number of benzene rings is 1. The zero-order valence-corrected chi connectivity index (χ0v) is 10.2. The molecule has 0 aliphatic rings. The van der Waals surface area contributed by atoms with Gasteiger partial charge < -0.3 is 10.2 Å². The van der Waals surface area contributed by atoms with Gasteiger partial charge in [0.05, 0.1) is 11.4 Å². The molecular weight excluding hydrogens is 261 g/mol. The molecule has 0 atom stereocenters. The molecule has 0 radical (unpaired) electrons. The summed E-state index contributed by atoms with van der Waals surface area (Å²) in [6.07, 6.45) is 1.28. The molecule has 0 saturated carbocycles. The van der Waals surface area contributed by atoms with E-state index in [0.717, 1.165) is 6.07 Å². The van der Waals surface area contributed by atoms with Gasteiger partial charge in [-0.15, -0.1) is 0 Å². The Balaban J connectivity index is 2.40. The van der Waals surface area contributed by atoms with Crippen LogP contribution in [0.25, 0.3) is 0 Å². The molecule has 0 bridgehead atoms. The van der Waals surface area contributed by atoms with Crippen molar-refractivity contribution < 1.29 is 17.2 Å². The van der Waals surface area contributed by atoms with Crippen LogP contribution in [0.15, 0.2) is 33.8 Å². The molecule has 6 nitrogen and oxygen atoms in total. The Kier molecular flexibility index (Phi) is 2.95. The van der Waals surface area contributed by atoms with Crippen LogP contribution in [-0.4, -0.2) is 13.4 Å². The van der Waals surface area contributed by atoms with E-state index in [1.807, 2.05) is 0 Å². The second-order valence-electron chi connectivity index (χ2n) is 3.55. The Morgan fingerprint density at radius 1 is 1.44 bits per heavy atom. The number of oxazole rings is 1. The van der Waals surface area contributed by atoms with Gasteiger partial charge >= 0.3 is 6.01 Å². The predicted octanol–water partition coefficient (Wildman–Crippen LogP) is 1.51. The number of sulfonamides is 1. The van der Waals surface area contributed by atoms with Crippen LogP contribution in [-0.2, 0) is 10.0 Å². The van der Waals surface area contributed by atoms with E-state index in [-0.39, 0.29) is 10.9 Å². The molecule has 1 aromatic heterocycles. The molecule has 2 rings (SSSR count). The predicted molar refractivity (Wildman–Crippen MR) is 62.9 cm³/mol. The number of nitrogen functional groups attached to an aromatic ring is 1. The van der Waals surface area contributed by atoms with Crippen molar-refractivity contribution in [3.05, 3.63) is 36.0 Å². The molecule has 0 saturated heterocycles. The minimum absolute atomic E-state index is 0.198. The number of hydrogen-bond donors (Lipinski definition) is 2. The summed E-state index contributed by atoms with van der Waals surface area (Å²) >= 11 is 0. The molecule has 8 heteroatoms. The number of aryl methyl sites for hydroxylation is 1. The summed E-state index contributed by atoms with van der Waals surface area (Å²) < 4.78 is 44.0. The van der Waals surface area contributed by atoms with Gasteiger partial charge in [-0.1, -0.05) is 6.07 Å². The van der Waals surface area contributed by atoms with Gasteiger partial charge in [0.1, 0.15) is 17.0 Å². The Morgan fingerprint density at radius 3 is 2.78 bits per heavy atom. The highest BCUT2D eigenvalue weighted by Gasteiger charge is 2.21. The first kappa shape index (κ1) is 12.4. The van der Waals surface area contributed by atoms with Crippen molar-refractivity contribution in [2.24, 2.45) is 0 Å². The van der Waals surface area contributed by atoms with Gasteiger partial charge in [-0.2, -0.15) is 4.98 Å². The molecule has 18 heavy (non-hydrogen) atoms. The van der Waals surface area contributed by atoms with E-state index in [1.54, 1.807) is 6.92 Å². The summed E-state index contributed by atoms with van der Waals surface area (Å²) in [6, 6.07) is 3.32. The molecule has 1 aromatic carbocycles. The molecule has 96 valence electrons. The number of para-hydroxylation sites is 1. The van der Waals surface area contributed by atoms with E-state index in [9.17, 15) is 12.8 Å². The van der Waals surface area contributed by atoms with Crippen molar-refractivity contribution in [1.29, 1.82) is 0 Å². The fourth-order valence-corrected chi connectivity index (χ4v) is 2.40. The lowest BCUT2D eigenvalue weighted by Gasteiger charge is -2.07. The normalized spacial score (nSPS) is 11.4. The second-order valence-corrected chi connectivity index (χ2v) is 5.20. The van der Waals surface area contributed by atoms with E-state index in [0.29, 0.717) is 5.69 Å². The van der Waals surface area contributed by atoms with Crippen LogP contribution in [0.5, 0.6) is 0 Å². The minimum Gasteiger partial charge on any atom is -0.431 e. The second kappa shape index (κ2) is 4.30. The molecule has 0 aliphatic carbocycles. The Morgan fingerprint density at radius 2 is 2.17 bits per heavy atom. The van der Waals surface area contributed by atoms with Crippen LogP contribution >= 0.6 is 0 Å². The maximum atomic E-state index is 13.2. The number of nitrogens with two attached hydrogens (primary N) is 1. The summed E-state index contributed by atoms with van der Waals surface area (Å²) in [6.45, 7) is 1.64. The summed E-state index contributed by atoms with van der Waals surface area (Å²) in [5.74, 6) is -0.804. The summed E-state index contributed by atoms with van der Waals surface area (Å²) in [7, 11) is -4.02. The fraction of sp³-hybridized carbons (Fsp3) is 0.100. The van der Waals surface area contributed by atoms with E-state index >= 15 is 0 Å². The van der Waals surface area contributed by atoms with Crippen molar-refractivity contribution >= 4 is 21.7 Å². The maximum Gasteiger partial charge on any atom is 0.309 e. The number of nitrogens with zero attached hydrogens (tertiary/aromatic N) is 1. The van der Waals surface area contributed by atoms with Gasteiger partial charge in [-0.05, 0) is 19.1 Å². The maximum absolute atomic E-state index is 13.2. The monoisotopic (exact) mass is 271 g/mol. The summed E-state index contributed by atoms with van der Waals surface area (Å²) in [5.41, 5.74) is 5.45. The van der Waals surface area contributed by atoms with Gasteiger partial charge in [0, 0.05) is 0 Å². The third-order valence-corrected chi connectivity index (χ3v) is 3.52. The van der Waals surface area contributed by atoms with Gasteiger partial charge in [-0.25, -0.2) is 17.5 Å². The van der Waals surface area contributed by atoms with E-state index in [1.165, 1.54) is 18.4 Å². The van der Waals surface area contributed by atoms with Gasteiger partial charge in [0.15, 0.2) is 0 Å². The third kappa shape index (κ3) is 2.28. The summed E-state index contributed by atoms with van der Waals surface area (Å²) in [4.78, 5) is 3.42. The van der Waals surface area contributed by atoms with E-state index < -0.39 is 21.5 Å². The van der Waals surface area contributed by atoms with Crippen LogP contribution in [0.4, 0.5) is 16.1 Å². The number of nitrogens with one attached hydrogen (secondary N) is 1. The van der Waals surface area contributed by atoms with Crippen molar-refractivity contribution in [2.75, 3.05) is 10.5 Å². The molecule has 0 amide bonds. The van der Waals surface area contributed by atoms with Crippen LogP contribution in [0.1, 0.15) is 5.69 Å². The molecule has 0 aliphatic heterocycles. The lowest BCUT2D eigenvalue weighted by molar-refractivity contribution is 0.569. The lowest BCUT2D eigenvalue weighted by Crippen LogP contribution is -2.15. The van der Waals surface area contributed by atoms with Crippen LogP contribution in [0, 0.1) is 12.7 Å². The first-order chi connectivity index (χ1) is 8.40. The number of halogens is 1. The zero-order chi connectivity index (χ0) is 13.3. The molecule has 0 spiro atoms. The van der Waals surface area contributed by atoms with Crippen molar-refractivity contribution in [3.8, 4) is 0 Å². The quantitative estimate of drug-likeness (QED) is 0.824. The van der Waals surface area contributed by atoms with Crippen LogP contribution in [0.2, 0.25) is 0 Å². The number of anilines is 2. The summed E-state index contributed by atoms with van der Waals surface area (Å²) in [5, 5.41) is 0. The first-order valence-electron chi connectivity index (χ1n) is 4.89. The molecule has 3 N–H and O–H groups in total. The zero-order valence-electron chi connectivity index (χ0n) is 9.34. The van der Waals surface area contributed by atoms with Gasteiger partial charge in [0.25, 0.3) is 10.0 Å². The smallest absolute Gasteiger partial charge is 0.309 e. The molecule has 1 heterocycles. The SMILES string of the molecule is Cc1coc(NS(=O)(=O)c2cccc(F)c2N)n1. The van der Waals surface area contributed by atoms with E-state index in [4.69, 9.17) is 10.2 Å². The first-order valence-corrected chi connectivity index (χ1v) is 6.37. The number of rotatable bonds is 3. The number of hydrogen-bond acceptors (Lipinski definition) is 5. The highest BCUT2D eigenvalue weighted by molar-refractivity contribution is 7.92. The molecule has 2 aromatic rings. The van der Waals surface area contributed by atoms with Crippen molar-refractivity contribution in [1.82, 2.24) is 4.98 Å². The average Bonchev–Trinajstić information content (AvgIpc) is 2.67. The Hall–Kier alpha value is -2.09. The van der Waals surface area contributed by atoms with Crippen LogP contribution in [0.3, 0.4) is 0 Å². The standard InChI is InChI=1S/C10H10FN3O3S/c1-6-5-17-10(13-6)14-18(15,16)8-4-2-3-7(11)9(8)12/h2-5H,12H2,1H3,(H,13,14). The Bertz CT molecular complexity index is 681. The Labute approximate surface area is 103 Å². The highest BCUT2D eigenvalue weighted by Crippen LogP contribution is 2.23. The van der Waals surface area contributed by atoms with Gasteiger partial charge in [-0.3, -0.25) is 0 Å². The molecule has 0 fully saturated rings. The topological polar surface area (TPSA) is 98.2 Å². The van der Waals surface area contributed by atoms with Crippen molar-refractivity contribution in [2.45, 2.75) is 11.8 Å². The van der Waals surface area contributed by atoms with E-state index in [2.05, 4.69) is 9.71 Å². The number of aromatic nitrogens is 1. The molecule has 0 unspecified atom stereocenters. The highest BCUT2D eigenvalue weighted by atomic mass is 32.2. The average molecular weight is 271 g/mol. The largest absolute Gasteiger partial charge is 0.431 e. The van der Waals surface area contributed by atoms with Gasteiger partial charge in [0.2, 0.25) is 0 Å². The molecular formula is C10H10FN3O3S. The third-order valence-electron chi connectivity index (χ3n) is 2.14. The lowest BCUT2D eigenvalue weighted by atomic mass is 10.3. The van der Waals surface area contributed by atoms with Crippen LogP contribution < -0.4 is 10.5 Å². The van der Waals surface area contributed by atoms with Crippen molar-refractivity contribution in [3.63, 3.8) is 0 Å².